The van der Waals surface area contributed by atoms with Crippen molar-refractivity contribution in [3.8, 4) is 10.6 Å². The molecule has 0 saturated heterocycles. The Morgan fingerprint density at radius 3 is 2.86 bits per heavy atom. The van der Waals surface area contributed by atoms with Crippen LogP contribution in [0.2, 0.25) is 0 Å². The molecule has 0 radical (unpaired) electrons. The van der Waals surface area contributed by atoms with Crippen LogP contribution in [-0.2, 0) is 6.42 Å². The van der Waals surface area contributed by atoms with Gasteiger partial charge in [-0.2, -0.15) is 0 Å². The third-order valence-corrected chi connectivity index (χ3v) is 4.09. The van der Waals surface area contributed by atoms with Gasteiger partial charge >= 0.3 is 0 Å². The molecule has 0 aliphatic heterocycles. The highest BCUT2D eigenvalue weighted by molar-refractivity contribution is 7.14. The molecule has 0 aliphatic carbocycles. The van der Waals surface area contributed by atoms with Gasteiger partial charge in [0.05, 0.1) is 4.92 Å². The van der Waals surface area contributed by atoms with Gasteiger partial charge in [-0.05, 0) is 19.9 Å². The highest BCUT2D eigenvalue weighted by Gasteiger charge is 2.14. The lowest BCUT2D eigenvalue weighted by Crippen LogP contribution is -2.17. The first-order valence-electron chi connectivity index (χ1n) is 6.90. The summed E-state index contributed by atoms with van der Waals surface area (Å²) in [6.45, 7) is 5.72. The maximum absolute atomic E-state index is 11.0. The topological polar surface area (TPSA) is 81.0 Å². The summed E-state index contributed by atoms with van der Waals surface area (Å²) in [6, 6.07) is 5.16. The predicted octanol–water partition coefficient (Wildman–Crippen LogP) is 2.96. The van der Waals surface area contributed by atoms with Gasteiger partial charge in [0.1, 0.15) is 10.0 Å². The van der Waals surface area contributed by atoms with Crippen molar-refractivity contribution in [2.75, 3.05) is 13.1 Å². The zero-order valence-corrected chi connectivity index (χ0v) is 12.9. The van der Waals surface area contributed by atoms with Crippen molar-refractivity contribution in [1.29, 1.82) is 0 Å². The first-order chi connectivity index (χ1) is 10.1. The quantitative estimate of drug-likeness (QED) is 0.483. The number of nitrogens with one attached hydrogen (secondary N) is 1. The lowest BCUT2D eigenvalue weighted by molar-refractivity contribution is -0.385. The number of aryl methyl sites for hydroxylation is 1. The maximum atomic E-state index is 11.0. The van der Waals surface area contributed by atoms with Crippen molar-refractivity contribution in [3.05, 3.63) is 38.9 Å². The molecule has 1 heterocycles. The predicted molar refractivity (Wildman–Crippen MR) is 83.6 cm³/mol. The molecule has 7 heteroatoms. The molecule has 6 nitrogen and oxygen atoms in total. The van der Waals surface area contributed by atoms with Gasteiger partial charge in [-0.3, -0.25) is 10.1 Å². The number of nitro groups is 1. The van der Waals surface area contributed by atoms with Crippen molar-refractivity contribution in [1.82, 2.24) is 15.5 Å². The molecule has 0 bridgehead atoms. The van der Waals surface area contributed by atoms with Gasteiger partial charge in [0.2, 0.25) is 0 Å². The van der Waals surface area contributed by atoms with Crippen LogP contribution in [0.3, 0.4) is 0 Å². The number of aromatic nitrogens is 2. The standard InChI is InChI=1S/C14H18N4O2S/c1-3-7-15-8-6-13-16-17-14(21-13)11-5-4-10(2)12(9-11)18(19)20/h4-5,9,15H,3,6-8H2,1-2H3. The van der Waals surface area contributed by atoms with Crippen molar-refractivity contribution in [2.45, 2.75) is 26.7 Å². The Labute approximate surface area is 127 Å². The molecular weight excluding hydrogens is 288 g/mol. The fourth-order valence-electron chi connectivity index (χ4n) is 1.91. The zero-order valence-electron chi connectivity index (χ0n) is 12.1. The Kier molecular flexibility index (Phi) is 5.35. The fourth-order valence-corrected chi connectivity index (χ4v) is 2.74. The molecule has 0 saturated carbocycles. The van der Waals surface area contributed by atoms with Crippen LogP contribution in [0.25, 0.3) is 10.6 Å². The summed E-state index contributed by atoms with van der Waals surface area (Å²) < 4.78 is 0. The molecule has 2 rings (SSSR count). The first kappa shape index (κ1) is 15.5. The fraction of sp³-hybridized carbons (Fsp3) is 0.429. The van der Waals surface area contributed by atoms with Gasteiger partial charge < -0.3 is 5.32 Å². The molecule has 1 aromatic carbocycles. The molecule has 0 spiro atoms. The Hall–Kier alpha value is -1.86. The molecule has 1 N–H and O–H groups in total. The van der Waals surface area contributed by atoms with Crippen LogP contribution in [0.1, 0.15) is 23.9 Å². The summed E-state index contributed by atoms with van der Waals surface area (Å²) >= 11 is 1.49. The smallest absolute Gasteiger partial charge is 0.273 e. The molecule has 21 heavy (non-hydrogen) atoms. The van der Waals surface area contributed by atoms with E-state index in [1.807, 2.05) is 6.07 Å². The van der Waals surface area contributed by atoms with E-state index in [1.54, 1.807) is 19.1 Å². The average Bonchev–Trinajstić information content (AvgIpc) is 2.92. The second-order valence-electron chi connectivity index (χ2n) is 4.76. The van der Waals surface area contributed by atoms with Crippen molar-refractivity contribution < 1.29 is 4.92 Å². The van der Waals surface area contributed by atoms with E-state index in [9.17, 15) is 10.1 Å². The van der Waals surface area contributed by atoms with E-state index < -0.39 is 0 Å². The molecule has 112 valence electrons. The third-order valence-electron chi connectivity index (χ3n) is 3.06. The van der Waals surface area contributed by atoms with Crippen molar-refractivity contribution in [3.63, 3.8) is 0 Å². The van der Waals surface area contributed by atoms with E-state index >= 15 is 0 Å². The Morgan fingerprint density at radius 2 is 2.14 bits per heavy atom. The van der Waals surface area contributed by atoms with Crippen molar-refractivity contribution >= 4 is 17.0 Å². The maximum Gasteiger partial charge on any atom is 0.273 e. The monoisotopic (exact) mass is 306 g/mol. The summed E-state index contributed by atoms with van der Waals surface area (Å²) in [6.07, 6.45) is 1.93. The van der Waals surface area contributed by atoms with E-state index in [2.05, 4.69) is 22.4 Å². The van der Waals surface area contributed by atoms with E-state index in [0.29, 0.717) is 5.56 Å². The highest BCUT2D eigenvalue weighted by Crippen LogP contribution is 2.28. The minimum atomic E-state index is -0.366. The van der Waals surface area contributed by atoms with Crippen LogP contribution in [0.15, 0.2) is 18.2 Å². The number of nitrogens with zero attached hydrogens (tertiary/aromatic N) is 3. The second kappa shape index (κ2) is 7.24. The number of hydrogen-bond donors (Lipinski definition) is 1. The minimum absolute atomic E-state index is 0.119. The summed E-state index contributed by atoms with van der Waals surface area (Å²) in [4.78, 5) is 10.6. The van der Waals surface area contributed by atoms with Crippen molar-refractivity contribution in [2.24, 2.45) is 0 Å². The molecule has 0 unspecified atom stereocenters. The van der Waals surface area contributed by atoms with Crippen LogP contribution in [0, 0.1) is 17.0 Å². The van der Waals surface area contributed by atoms with Crippen LogP contribution in [0.5, 0.6) is 0 Å². The third kappa shape index (κ3) is 4.05. The molecule has 2 aromatic rings. The average molecular weight is 306 g/mol. The molecular formula is C14H18N4O2S. The summed E-state index contributed by atoms with van der Waals surface area (Å²) in [5.74, 6) is 0. The van der Waals surface area contributed by atoms with Crippen LogP contribution in [-0.4, -0.2) is 28.2 Å². The first-order valence-corrected chi connectivity index (χ1v) is 7.72. The van der Waals surface area contributed by atoms with Crippen LogP contribution < -0.4 is 5.32 Å². The lowest BCUT2D eigenvalue weighted by atomic mass is 10.1. The molecule has 0 aliphatic rings. The SMILES string of the molecule is CCCNCCc1nnc(-c2ccc(C)c([N+](=O)[O-])c2)s1. The number of hydrogen-bond acceptors (Lipinski definition) is 6. The summed E-state index contributed by atoms with van der Waals surface area (Å²) in [7, 11) is 0. The van der Waals surface area contributed by atoms with E-state index in [-0.39, 0.29) is 10.6 Å². The van der Waals surface area contributed by atoms with E-state index in [0.717, 1.165) is 41.5 Å². The largest absolute Gasteiger partial charge is 0.316 e. The van der Waals surface area contributed by atoms with Gasteiger partial charge in [0.15, 0.2) is 0 Å². The Balaban J connectivity index is 2.10. The van der Waals surface area contributed by atoms with Crippen LogP contribution in [0.4, 0.5) is 5.69 Å². The molecule has 0 fully saturated rings. The van der Waals surface area contributed by atoms with Gasteiger partial charge in [0, 0.05) is 30.2 Å². The van der Waals surface area contributed by atoms with Gasteiger partial charge in [-0.25, -0.2) is 0 Å². The molecule has 0 amide bonds. The minimum Gasteiger partial charge on any atom is -0.316 e. The zero-order chi connectivity index (χ0) is 15.2. The number of benzene rings is 1. The number of nitro benzene ring substituents is 1. The Bertz CT molecular complexity index is 627. The highest BCUT2D eigenvalue weighted by atomic mass is 32.1. The molecule has 0 atom stereocenters. The lowest BCUT2D eigenvalue weighted by Gasteiger charge is -1.99. The number of rotatable bonds is 7. The van der Waals surface area contributed by atoms with Crippen LogP contribution >= 0.6 is 11.3 Å². The second-order valence-corrected chi connectivity index (χ2v) is 5.82. The Morgan fingerprint density at radius 1 is 1.33 bits per heavy atom. The van der Waals surface area contributed by atoms with E-state index in [1.165, 1.54) is 11.3 Å². The normalized spacial score (nSPS) is 10.8. The van der Waals surface area contributed by atoms with Gasteiger partial charge in [-0.1, -0.05) is 30.4 Å². The van der Waals surface area contributed by atoms with Gasteiger partial charge in [-0.15, -0.1) is 10.2 Å². The molecule has 1 aromatic heterocycles. The summed E-state index contributed by atoms with van der Waals surface area (Å²) in [5, 5.41) is 24.2. The van der Waals surface area contributed by atoms with Gasteiger partial charge in [0.25, 0.3) is 5.69 Å². The summed E-state index contributed by atoms with van der Waals surface area (Å²) in [5.41, 5.74) is 1.52. The van der Waals surface area contributed by atoms with E-state index in [4.69, 9.17) is 0 Å².